The van der Waals surface area contributed by atoms with E-state index in [1.54, 1.807) is 37.3 Å². The lowest BCUT2D eigenvalue weighted by Crippen LogP contribution is -2.02. The monoisotopic (exact) mass is 378 g/mol. The molecule has 0 amide bonds. The molecule has 0 unspecified atom stereocenters. The van der Waals surface area contributed by atoms with Crippen LogP contribution in [0.5, 0.6) is 0 Å². The molecule has 0 bridgehead atoms. The molecule has 0 radical (unpaired) electrons. The maximum atomic E-state index is 13.0. The van der Waals surface area contributed by atoms with Crippen LogP contribution in [0.25, 0.3) is 11.0 Å². The lowest BCUT2D eigenvalue weighted by Gasteiger charge is -2.05. The maximum absolute atomic E-state index is 13.0. The van der Waals surface area contributed by atoms with Crippen LogP contribution in [0.15, 0.2) is 55.1 Å². The van der Waals surface area contributed by atoms with E-state index < -0.39 is 9.84 Å². The average Bonchev–Trinajstić information content (AvgIpc) is 2.76. The molecule has 114 valence electrons. The van der Waals surface area contributed by atoms with Gasteiger partial charge >= 0.3 is 0 Å². The van der Waals surface area contributed by atoms with Crippen LogP contribution in [0.4, 0.5) is 0 Å². The lowest BCUT2D eigenvalue weighted by atomic mass is 10.2. The number of fused-ring (bicyclic) bond motifs is 1. The molecule has 0 atom stereocenters. The molecule has 22 heavy (non-hydrogen) atoms. The van der Waals surface area contributed by atoms with Gasteiger partial charge in [0.25, 0.3) is 0 Å². The second-order valence-corrected chi connectivity index (χ2v) is 8.21. The van der Waals surface area contributed by atoms with Gasteiger partial charge in [-0.2, -0.15) is 0 Å². The molecule has 1 aromatic heterocycles. The first-order valence-electron chi connectivity index (χ1n) is 6.81. The minimum absolute atomic E-state index is 0.246. The summed E-state index contributed by atoms with van der Waals surface area (Å²) in [5.41, 5.74) is 2.54. The largest absolute Gasteiger partial charge is 0.460 e. The molecule has 3 nitrogen and oxygen atoms in total. The Morgan fingerprint density at radius 3 is 2.27 bits per heavy atom. The molecular weight excluding hydrogens is 364 g/mol. The predicted octanol–water partition coefficient (Wildman–Crippen LogP) is 4.95. The van der Waals surface area contributed by atoms with E-state index in [0.717, 1.165) is 15.6 Å². The second kappa shape index (κ2) is 5.25. The van der Waals surface area contributed by atoms with E-state index in [-0.39, 0.29) is 9.79 Å². The highest BCUT2D eigenvalue weighted by molar-refractivity contribution is 9.10. The maximum Gasteiger partial charge on any atom is 0.210 e. The van der Waals surface area contributed by atoms with Crippen molar-refractivity contribution in [2.75, 3.05) is 0 Å². The van der Waals surface area contributed by atoms with Gasteiger partial charge < -0.3 is 4.42 Å². The van der Waals surface area contributed by atoms with Crippen LogP contribution in [0.2, 0.25) is 0 Å². The summed E-state index contributed by atoms with van der Waals surface area (Å²) >= 11 is 3.42. The summed E-state index contributed by atoms with van der Waals surface area (Å²) < 4.78 is 32.5. The highest BCUT2D eigenvalue weighted by Gasteiger charge is 2.27. The number of benzene rings is 2. The van der Waals surface area contributed by atoms with Gasteiger partial charge in [-0.3, -0.25) is 0 Å². The molecule has 3 aromatic rings. The minimum Gasteiger partial charge on any atom is -0.460 e. The van der Waals surface area contributed by atoms with E-state index in [2.05, 4.69) is 15.9 Å². The van der Waals surface area contributed by atoms with Gasteiger partial charge in [0, 0.05) is 9.86 Å². The first-order chi connectivity index (χ1) is 10.3. The van der Waals surface area contributed by atoms with Crippen LogP contribution in [0.1, 0.15) is 16.9 Å². The zero-order valence-electron chi connectivity index (χ0n) is 12.5. The number of aryl methyl sites for hydroxylation is 3. The van der Waals surface area contributed by atoms with Crippen molar-refractivity contribution in [1.29, 1.82) is 0 Å². The van der Waals surface area contributed by atoms with Crippen molar-refractivity contribution in [3.05, 3.63) is 57.8 Å². The Hall–Kier alpha value is -1.59. The zero-order chi connectivity index (χ0) is 16.1. The number of rotatable bonds is 2. The van der Waals surface area contributed by atoms with Gasteiger partial charge in [0.05, 0.1) is 4.90 Å². The van der Waals surface area contributed by atoms with Crippen molar-refractivity contribution in [2.45, 2.75) is 30.6 Å². The molecule has 0 aliphatic rings. The predicted molar refractivity (Wildman–Crippen MR) is 90.0 cm³/mol. The third-order valence-electron chi connectivity index (χ3n) is 3.66. The van der Waals surface area contributed by atoms with Crippen LogP contribution in [-0.2, 0) is 9.84 Å². The van der Waals surface area contributed by atoms with Gasteiger partial charge in [-0.05, 0) is 50.6 Å². The quantitative estimate of drug-likeness (QED) is 0.633. The summed E-state index contributed by atoms with van der Waals surface area (Å²) in [5.74, 6) is 0.414. The summed E-state index contributed by atoms with van der Waals surface area (Å²) in [6.45, 7) is 5.52. The minimum atomic E-state index is -3.62. The molecule has 0 fully saturated rings. The molecule has 0 aliphatic heterocycles. The molecule has 3 rings (SSSR count). The summed E-state index contributed by atoms with van der Waals surface area (Å²) in [6, 6.07) is 10.6. The van der Waals surface area contributed by atoms with E-state index in [1.807, 2.05) is 19.9 Å². The Balaban J connectivity index is 2.34. The summed E-state index contributed by atoms with van der Waals surface area (Å²) in [4.78, 5) is 0.525. The summed E-state index contributed by atoms with van der Waals surface area (Å²) in [6.07, 6.45) is 0. The van der Waals surface area contributed by atoms with Crippen LogP contribution >= 0.6 is 15.9 Å². The van der Waals surface area contributed by atoms with Gasteiger partial charge in [-0.15, -0.1) is 0 Å². The Labute approximate surface area is 138 Å². The Kier molecular flexibility index (Phi) is 3.65. The molecular formula is C17H15BrO3S. The highest BCUT2D eigenvalue weighted by Crippen LogP contribution is 2.36. The fourth-order valence-electron chi connectivity index (χ4n) is 2.59. The van der Waals surface area contributed by atoms with Crippen molar-refractivity contribution < 1.29 is 12.8 Å². The van der Waals surface area contributed by atoms with Crippen molar-refractivity contribution >= 4 is 36.7 Å². The zero-order valence-corrected chi connectivity index (χ0v) is 14.9. The molecule has 5 heteroatoms. The van der Waals surface area contributed by atoms with Crippen molar-refractivity contribution in [1.82, 2.24) is 0 Å². The van der Waals surface area contributed by atoms with Gasteiger partial charge in [-0.25, -0.2) is 8.42 Å². The number of halogens is 1. The van der Waals surface area contributed by atoms with Gasteiger partial charge in [0.1, 0.15) is 16.2 Å². The Morgan fingerprint density at radius 2 is 1.64 bits per heavy atom. The van der Waals surface area contributed by atoms with E-state index in [9.17, 15) is 8.42 Å². The summed E-state index contributed by atoms with van der Waals surface area (Å²) in [5, 5.41) is 0.616. The van der Waals surface area contributed by atoms with Gasteiger partial charge in [0.15, 0.2) is 0 Å². The molecule has 0 spiro atoms. The lowest BCUT2D eigenvalue weighted by molar-refractivity contribution is 0.556. The number of hydrogen-bond acceptors (Lipinski definition) is 3. The highest BCUT2D eigenvalue weighted by atomic mass is 79.9. The van der Waals surface area contributed by atoms with Gasteiger partial charge in [0.2, 0.25) is 9.84 Å². The third kappa shape index (κ3) is 2.38. The molecule has 1 heterocycles. The van der Waals surface area contributed by atoms with Crippen molar-refractivity contribution in [2.24, 2.45) is 0 Å². The first kappa shape index (κ1) is 15.3. The normalized spacial score (nSPS) is 12.0. The van der Waals surface area contributed by atoms with E-state index in [4.69, 9.17) is 4.42 Å². The third-order valence-corrected chi connectivity index (χ3v) is 6.05. The van der Waals surface area contributed by atoms with Crippen LogP contribution in [0.3, 0.4) is 0 Å². The van der Waals surface area contributed by atoms with Crippen LogP contribution in [-0.4, -0.2) is 8.42 Å². The standard InChI is InChI=1S/C17H15BrO3S/c1-10-4-6-14(7-5-10)22(19,20)17-12(3)21-16-11(2)8-13(18)9-15(16)17/h4-9H,1-3H3. The number of sulfone groups is 1. The van der Waals surface area contributed by atoms with Crippen molar-refractivity contribution in [3.63, 3.8) is 0 Å². The molecule has 0 aliphatic carbocycles. The topological polar surface area (TPSA) is 47.3 Å². The fraction of sp³-hybridized carbons (Fsp3) is 0.176. The molecule has 0 saturated carbocycles. The summed E-state index contributed by atoms with van der Waals surface area (Å²) in [7, 11) is -3.62. The van der Waals surface area contributed by atoms with Crippen LogP contribution < -0.4 is 0 Å². The molecule has 2 aromatic carbocycles. The second-order valence-electron chi connectivity index (χ2n) is 5.40. The van der Waals surface area contributed by atoms with E-state index in [1.165, 1.54) is 0 Å². The van der Waals surface area contributed by atoms with E-state index >= 15 is 0 Å². The molecule has 0 N–H and O–H groups in total. The van der Waals surface area contributed by atoms with E-state index in [0.29, 0.717) is 16.7 Å². The Morgan fingerprint density at radius 1 is 1.00 bits per heavy atom. The van der Waals surface area contributed by atoms with Crippen LogP contribution in [0, 0.1) is 20.8 Å². The number of furan rings is 1. The fourth-order valence-corrected chi connectivity index (χ4v) is 4.76. The average molecular weight is 379 g/mol. The molecule has 0 saturated heterocycles. The Bertz CT molecular complexity index is 967. The van der Waals surface area contributed by atoms with Gasteiger partial charge in [-0.1, -0.05) is 33.6 Å². The first-order valence-corrected chi connectivity index (χ1v) is 9.09. The SMILES string of the molecule is Cc1ccc(S(=O)(=O)c2c(C)oc3c(C)cc(Br)cc23)cc1. The van der Waals surface area contributed by atoms with Crippen molar-refractivity contribution in [3.8, 4) is 0 Å². The number of hydrogen-bond donors (Lipinski definition) is 0. The smallest absolute Gasteiger partial charge is 0.210 e.